The van der Waals surface area contributed by atoms with E-state index in [4.69, 9.17) is 10.2 Å². The van der Waals surface area contributed by atoms with Gasteiger partial charge in [0.2, 0.25) is 0 Å². The lowest BCUT2D eigenvalue weighted by atomic mass is 9.95. The summed E-state index contributed by atoms with van der Waals surface area (Å²) in [6.45, 7) is 4.48. The van der Waals surface area contributed by atoms with Gasteiger partial charge in [0.25, 0.3) is 5.91 Å². The Balaban J connectivity index is 1.43. The highest BCUT2D eigenvalue weighted by Crippen LogP contribution is 2.32. The molecule has 0 spiro atoms. The molecule has 3 aromatic carbocycles. The number of carbonyl (C=O) groups is 2. The lowest BCUT2D eigenvalue weighted by Crippen LogP contribution is -2.26. The number of carboxylic acid groups (broad SMARTS) is 1. The molecule has 2 N–H and O–H groups in total. The average Bonchev–Trinajstić information content (AvgIpc) is 3.34. The largest absolute Gasteiger partial charge is 0.481 e. The molecular formula is C31H30N4O3. The molecule has 5 aromatic rings. The van der Waals surface area contributed by atoms with Gasteiger partial charge in [-0.15, -0.1) is 0 Å². The summed E-state index contributed by atoms with van der Waals surface area (Å²) < 4.78 is 2.07. The molecule has 0 saturated heterocycles. The number of nitrogens with one attached hydrogen (secondary N) is 1. The molecule has 2 aromatic heterocycles. The number of carboxylic acids is 1. The van der Waals surface area contributed by atoms with Crippen LogP contribution in [0.15, 0.2) is 85.2 Å². The first-order valence-corrected chi connectivity index (χ1v) is 12.8. The monoisotopic (exact) mass is 506 g/mol. The van der Waals surface area contributed by atoms with Crippen molar-refractivity contribution in [2.75, 3.05) is 6.54 Å². The molecule has 0 aliphatic heterocycles. The van der Waals surface area contributed by atoms with Crippen LogP contribution in [-0.4, -0.2) is 38.3 Å². The normalized spacial score (nSPS) is 12.2. The van der Waals surface area contributed by atoms with Crippen LogP contribution in [0.3, 0.4) is 0 Å². The second-order valence-corrected chi connectivity index (χ2v) is 9.94. The van der Waals surface area contributed by atoms with E-state index in [0.29, 0.717) is 11.5 Å². The summed E-state index contributed by atoms with van der Waals surface area (Å²) in [5.41, 5.74) is 5.86. The molecule has 192 valence electrons. The van der Waals surface area contributed by atoms with E-state index in [1.807, 2.05) is 30.5 Å². The first-order valence-electron chi connectivity index (χ1n) is 12.8. The second-order valence-electron chi connectivity index (χ2n) is 9.94. The fraction of sp³-hybridized carbons (Fsp3) is 0.226. The molecule has 7 nitrogen and oxygen atoms in total. The summed E-state index contributed by atoms with van der Waals surface area (Å²) in [6.07, 6.45) is 4.51. The summed E-state index contributed by atoms with van der Waals surface area (Å²) >= 11 is 0. The van der Waals surface area contributed by atoms with E-state index < -0.39 is 5.97 Å². The van der Waals surface area contributed by atoms with Gasteiger partial charge in [-0.3, -0.25) is 19.3 Å². The van der Waals surface area contributed by atoms with Crippen molar-refractivity contribution in [2.24, 2.45) is 5.92 Å². The molecule has 7 heteroatoms. The van der Waals surface area contributed by atoms with Crippen LogP contribution >= 0.6 is 0 Å². The Kier molecular flexibility index (Phi) is 7.18. The van der Waals surface area contributed by atoms with Gasteiger partial charge in [-0.2, -0.15) is 5.10 Å². The van der Waals surface area contributed by atoms with Gasteiger partial charge in [0.05, 0.1) is 29.7 Å². The lowest BCUT2D eigenvalue weighted by molar-refractivity contribution is -0.136. The van der Waals surface area contributed by atoms with E-state index in [0.717, 1.165) is 44.9 Å². The molecule has 0 bridgehead atoms. The molecule has 0 radical (unpaired) electrons. The molecule has 1 unspecified atom stereocenters. The van der Waals surface area contributed by atoms with E-state index in [9.17, 15) is 9.59 Å². The smallest absolute Gasteiger partial charge is 0.305 e. The van der Waals surface area contributed by atoms with Gasteiger partial charge in [0.1, 0.15) is 0 Å². The zero-order valence-corrected chi connectivity index (χ0v) is 21.5. The van der Waals surface area contributed by atoms with Crippen LogP contribution in [0.5, 0.6) is 0 Å². The predicted molar refractivity (Wildman–Crippen MR) is 149 cm³/mol. The number of amides is 1. The average molecular weight is 507 g/mol. The highest BCUT2D eigenvalue weighted by molar-refractivity contribution is 5.94. The molecule has 1 atom stereocenters. The van der Waals surface area contributed by atoms with Crippen molar-refractivity contribution >= 4 is 33.7 Å². The zero-order chi connectivity index (χ0) is 26.6. The molecule has 0 fully saturated rings. The fourth-order valence-electron chi connectivity index (χ4n) is 4.80. The van der Waals surface area contributed by atoms with E-state index in [-0.39, 0.29) is 24.9 Å². The maximum atomic E-state index is 12.4. The van der Waals surface area contributed by atoms with Gasteiger partial charge in [0, 0.05) is 29.1 Å². The van der Waals surface area contributed by atoms with E-state index in [2.05, 4.69) is 65.2 Å². The van der Waals surface area contributed by atoms with Crippen LogP contribution in [0.4, 0.5) is 0 Å². The van der Waals surface area contributed by atoms with Crippen molar-refractivity contribution in [3.63, 3.8) is 0 Å². The van der Waals surface area contributed by atoms with Crippen LogP contribution in [-0.2, 0) is 4.79 Å². The van der Waals surface area contributed by atoms with E-state index >= 15 is 0 Å². The van der Waals surface area contributed by atoms with Gasteiger partial charge in [-0.05, 0) is 71.5 Å². The molecule has 38 heavy (non-hydrogen) atoms. The molecule has 0 aliphatic carbocycles. The van der Waals surface area contributed by atoms with E-state index in [1.165, 1.54) is 0 Å². The quantitative estimate of drug-likeness (QED) is 0.252. The van der Waals surface area contributed by atoms with Gasteiger partial charge in [-0.25, -0.2) is 0 Å². The van der Waals surface area contributed by atoms with Crippen LogP contribution in [0.2, 0.25) is 0 Å². The first-order chi connectivity index (χ1) is 18.4. The third-order valence-electron chi connectivity index (χ3n) is 6.70. The van der Waals surface area contributed by atoms with E-state index in [1.54, 1.807) is 18.3 Å². The van der Waals surface area contributed by atoms with Crippen LogP contribution in [0.25, 0.3) is 32.9 Å². The summed E-state index contributed by atoms with van der Waals surface area (Å²) in [5.74, 6) is -0.784. The predicted octanol–water partition coefficient (Wildman–Crippen LogP) is 6.09. The van der Waals surface area contributed by atoms with Gasteiger partial charge < -0.3 is 10.4 Å². The Morgan fingerprint density at radius 3 is 2.42 bits per heavy atom. The SMILES string of the molecule is CC(C)CC(c1ccc(C(=O)NCCC(=O)O)cc1)n1ncc2cc(-c3ccc4ncccc4c3)ccc21. The highest BCUT2D eigenvalue weighted by Gasteiger charge is 2.20. The Labute approximate surface area is 221 Å². The zero-order valence-electron chi connectivity index (χ0n) is 21.5. The number of pyridine rings is 1. The Morgan fingerprint density at radius 1 is 0.947 bits per heavy atom. The van der Waals surface area contributed by atoms with Crippen molar-refractivity contribution in [3.8, 4) is 11.1 Å². The maximum absolute atomic E-state index is 12.4. The number of aliphatic carboxylic acids is 1. The van der Waals surface area contributed by atoms with Crippen LogP contribution < -0.4 is 5.32 Å². The van der Waals surface area contributed by atoms with Gasteiger partial charge in [-0.1, -0.05) is 44.2 Å². The van der Waals surface area contributed by atoms with Crippen molar-refractivity contribution < 1.29 is 14.7 Å². The van der Waals surface area contributed by atoms with Gasteiger partial charge in [0.15, 0.2) is 0 Å². The molecule has 5 rings (SSSR count). The maximum Gasteiger partial charge on any atom is 0.305 e. The second kappa shape index (κ2) is 10.8. The number of hydrogen-bond donors (Lipinski definition) is 2. The minimum atomic E-state index is -0.940. The lowest BCUT2D eigenvalue weighted by Gasteiger charge is -2.21. The molecule has 2 heterocycles. The summed E-state index contributed by atoms with van der Waals surface area (Å²) in [4.78, 5) is 27.5. The van der Waals surface area contributed by atoms with Crippen molar-refractivity contribution in [2.45, 2.75) is 32.7 Å². The van der Waals surface area contributed by atoms with Crippen LogP contribution in [0.1, 0.15) is 48.7 Å². The Hall–Kier alpha value is -4.52. The highest BCUT2D eigenvalue weighted by atomic mass is 16.4. The molecule has 0 saturated carbocycles. The number of rotatable bonds is 9. The first kappa shape index (κ1) is 25.1. The van der Waals surface area contributed by atoms with Crippen molar-refractivity contribution in [1.29, 1.82) is 0 Å². The van der Waals surface area contributed by atoms with Crippen molar-refractivity contribution in [3.05, 3.63) is 96.3 Å². The number of aromatic nitrogens is 3. The Morgan fingerprint density at radius 2 is 1.68 bits per heavy atom. The Bertz CT molecular complexity index is 1610. The number of hydrogen-bond acceptors (Lipinski definition) is 4. The molecule has 0 aliphatic rings. The minimum absolute atomic E-state index is 0.00853. The third kappa shape index (κ3) is 5.42. The summed E-state index contributed by atoms with van der Waals surface area (Å²) in [7, 11) is 0. The van der Waals surface area contributed by atoms with Crippen molar-refractivity contribution in [1.82, 2.24) is 20.1 Å². The van der Waals surface area contributed by atoms with Crippen LogP contribution in [0, 0.1) is 5.92 Å². The topological polar surface area (TPSA) is 97.1 Å². The fourth-order valence-corrected chi connectivity index (χ4v) is 4.80. The number of fused-ring (bicyclic) bond motifs is 2. The number of nitrogens with zero attached hydrogens (tertiary/aromatic N) is 3. The molecular weight excluding hydrogens is 476 g/mol. The number of carbonyl (C=O) groups excluding carboxylic acids is 1. The summed E-state index contributed by atoms with van der Waals surface area (Å²) in [5, 5.41) is 18.4. The standard InChI is InChI=1S/C31H30N4O3/c1-20(2)16-29(21-5-7-22(8-6-21)31(38)33-15-13-30(36)37)35-28-12-10-24(18-26(28)19-34-35)23-9-11-27-25(17-23)4-3-14-32-27/h3-12,14,17-20,29H,13,15-16H2,1-2H3,(H,33,38)(H,36,37). The minimum Gasteiger partial charge on any atom is -0.481 e. The number of benzene rings is 3. The third-order valence-corrected chi connectivity index (χ3v) is 6.70. The molecule has 1 amide bonds. The van der Waals surface area contributed by atoms with Gasteiger partial charge >= 0.3 is 5.97 Å². The summed E-state index contributed by atoms with van der Waals surface area (Å²) in [6, 6.07) is 24.3.